The summed E-state index contributed by atoms with van der Waals surface area (Å²) in [4.78, 5) is 30.6. The van der Waals surface area contributed by atoms with Gasteiger partial charge in [0, 0.05) is 71.9 Å². The van der Waals surface area contributed by atoms with E-state index in [2.05, 4.69) is 10.2 Å². The molecule has 3 aliphatic heterocycles. The normalized spacial score (nSPS) is 25.4. The number of nitrogens with one attached hydrogen (secondary N) is 1. The van der Waals surface area contributed by atoms with E-state index < -0.39 is 0 Å². The fourth-order valence-corrected chi connectivity index (χ4v) is 3.49. The zero-order chi connectivity index (χ0) is 16.1. The van der Waals surface area contributed by atoms with Gasteiger partial charge in [-0.3, -0.25) is 14.5 Å². The largest absolute Gasteiger partial charge is 0.368 e. The van der Waals surface area contributed by atoms with Gasteiger partial charge in [0.25, 0.3) is 5.91 Å². The average Bonchev–Trinajstić information content (AvgIpc) is 3.15. The maximum Gasteiger partial charge on any atom is 0.251 e. The Kier molecular flexibility index (Phi) is 7.74. The van der Waals surface area contributed by atoms with E-state index in [-0.39, 0.29) is 30.3 Å². The zero-order valence-electron chi connectivity index (χ0n) is 14.2. The van der Waals surface area contributed by atoms with Crippen LogP contribution in [0.5, 0.6) is 0 Å². The summed E-state index contributed by atoms with van der Waals surface area (Å²) in [6.45, 7) is 8.16. The van der Waals surface area contributed by atoms with Crippen LogP contribution in [0.3, 0.4) is 0 Å². The van der Waals surface area contributed by atoms with E-state index in [0.29, 0.717) is 13.0 Å². The Morgan fingerprint density at radius 2 is 1.71 bits per heavy atom. The zero-order valence-corrected chi connectivity index (χ0v) is 15.1. The Labute approximate surface area is 150 Å². The standard InChI is InChI=1S/C16H28N4O3.ClH/c21-15(19-7-4-17-5-8-19)3-6-18-9-11-20(12-10-18)16(22)14-2-1-13-23-14;/h14,17H,1-13H2;1H. The SMILES string of the molecule is Cl.O=C(CCN1CCN(C(=O)C2CCCO2)CC1)N1CCNCC1. The molecule has 2 amide bonds. The molecule has 3 heterocycles. The summed E-state index contributed by atoms with van der Waals surface area (Å²) in [5.41, 5.74) is 0. The Hall–Kier alpha value is -0.890. The van der Waals surface area contributed by atoms with Gasteiger partial charge >= 0.3 is 0 Å². The van der Waals surface area contributed by atoms with Crippen molar-refractivity contribution in [1.82, 2.24) is 20.0 Å². The van der Waals surface area contributed by atoms with E-state index in [4.69, 9.17) is 4.74 Å². The fraction of sp³-hybridized carbons (Fsp3) is 0.875. The summed E-state index contributed by atoms with van der Waals surface area (Å²) in [6.07, 6.45) is 2.22. The van der Waals surface area contributed by atoms with Gasteiger partial charge in [0.2, 0.25) is 5.91 Å². The maximum atomic E-state index is 12.3. The highest BCUT2D eigenvalue weighted by Crippen LogP contribution is 2.16. The van der Waals surface area contributed by atoms with Crippen LogP contribution in [0.1, 0.15) is 19.3 Å². The van der Waals surface area contributed by atoms with Crippen molar-refractivity contribution in [2.24, 2.45) is 0 Å². The highest BCUT2D eigenvalue weighted by atomic mass is 35.5. The lowest BCUT2D eigenvalue weighted by Gasteiger charge is -2.36. The van der Waals surface area contributed by atoms with Crippen molar-refractivity contribution in [2.45, 2.75) is 25.4 Å². The van der Waals surface area contributed by atoms with Gasteiger partial charge < -0.3 is 19.9 Å². The van der Waals surface area contributed by atoms with Crippen LogP contribution in [0.2, 0.25) is 0 Å². The molecule has 3 aliphatic rings. The lowest BCUT2D eigenvalue weighted by Crippen LogP contribution is -2.52. The van der Waals surface area contributed by atoms with Crippen LogP contribution in [-0.4, -0.2) is 98.1 Å². The number of hydrogen-bond donors (Lipinski definition) is 1. The highest BCUT2D eigenvalue weighted by Gasteiger charge is 2.30. The van der Waals surface area contributed by atoms with E-state index in [1.807, 2.05) is 9.80 Å². The van der Waals surface area contributed by atoms with Crippen molar-refractivity contribution >= 4 is 24.2 Å². The number of nitrogens with zero attached hydrogens (tertiary/aromatic N) is 3. The summed E-state index contributed by atoms with van der Waals surface area (Å²) in [6, 6.07) is 0. The second-order valence-corrected chi connectivity index (χ2v) is 6.55. The molecular formula is C16H29ClN4O3. The second kappa shape index (κ2) is 9.56. The van der Waals surface area contributed by atoms with Gasteiger partial charge in [0.1, 0.15) is 6.10 Å². The average molecular weight is 361 g/mol. The van der Waals surface area contributed by atoms with Crippen LogP contribution in [0.15, 0.2) is 0 Å². The van der Waals surface area contributed by atoms with E-state index in [1.165, 1.54) is 0 Å². The summed E-state index contributed by atoms with van der Waals surface area (Å²) in [7, 11) is 0. The summed E-state index contributed by atoms with van der Waals surface area (Å²) in [5, 5.41) is 3.26. The van der Waals surface area contributed by atoms with Gasteiger partial charge in [0.05, 0.1) is 0 Å². The van der Waals surface area contributed by atoms with Crippen molar-refractivity contribution in [1.29, 1.82) is 0 Å². The quantitative estimate of drug-likeness (QED) is 0.736. The minimum atomic E-state index is -0.212. The number of hydrogen-bond acceptors (Lipinski definition) is 5. The summed E-state index contributed by atoms with van der Waals surface area (Å²) >= 11 is 0. The number of halogens is 1. The molecule has 24 heavy (non-hydrogen) atoms. The fourth-order valence-electron chi connectivity index (χ4n) is 3.49. The van der Waals surface area contributed by atoms with E-state index in [9.17, 15) is 9.59 Å². The molecule has 7 nitrogen and oxygen atoms in total. The molecule has 138 valence electrons. The van der Waals surface area contributed by atoms with Crippen molar-refractivity contribution < 1.29 is 14.3 Å². The third-order valence-corrected chi connectivity index (χ3v) is 5.00. The number of rotatable bonds is 4. The molecule has 1 N–H and O–H groups in total. The Morgan fingerprint density at radius 1 is 1.00 bits per heavy atom. The smallest absolute Gasteiger partial charge is 0.251 e. The summed E-state index contributed by atoms with van der Waals surface area (Å²) in [5.74, 6) is 0.406. The van der Waals surface area contributed by atoms with Gasteiger partial charge in [-0.2, -0.15) is 0 Å². The molecule has 1 atom stereocenters. The molecule has 3 fully saturated rings. The van der Waals surface area contributed by atoms with Crippen LogP contribution < -0.4 is 5.32 Å². The van der Waals surface area contributed by atoms with Crippen molar-refractivity contribution in [3.8, 4) is 0 Å². The topological polar surface area (TPSA) is 65.1 Å². The first-order valence-corrected chi connectivity index (χ1v) is 8.85. The molecule has 0 aromatic carbocycles. The van der Waals surface area contributed by atoms with Gasteiger partial charge in [0.15, 0.2) is 0 Å². The van der Waals surface area contributed by atoms with Gasteiger partial charge in [-0.25, -0.2) is 0 Å². The minimum Gasteiger partial charge on any atom is -0.368 e. The molecular weight excluding hydrogens is 332 g/mol. The highest BCUT2D eigenvalue weighted by molar-refractivity contribution is 5.85. The van der Waals surface area contributed by atoms with Crippen molar-refractivity contribution in [2.75, 3.05) is 65.5 Å². The second-order valence-electron chi connectivity index (χ2n) is 6.55. The molecule has 3 saturated heterocycles. The van der Waals surface area contributed by atoms with E-state index >= 15 is 0 Å². The van der Waals surface area contributed by atoms with Gasteiger partial charge in [-0.1, -0.05) is 0 Å². The number of ether oxygens (including phenoxy) is 1. The first-order chi connectivity index (χ1) is 11.2. The lowest BCUT2D eigenvalue weighted by atomic mass is 10.2. The maximum absolute atomic E-state index is 12.3. The Bertz CT molecular complexity index is 418. The molecule has 0 aromatic rings. The molecule has 0 spiro atoms. The van der Waals surface area contributed by atoms with Gasteiger partial charge in [-0.15, -0.1) is 12.4 Å². The van der Waals surface area contributed by atoms with Crippen molar-refractivity contribution in [3.05, 3.63) is 0 Å². The number of carbonyl (C=O) groups is 2. The van der Waals surface area contributed by atoms with Crippen LogP contribution in [-0.2, 0) is 14.3 Å². The third-order valence-electron chi connectivity index (χ3n) is 5.00. The van der Waals surface area contributed by atoms with E-state index in [1.54, 1.807) is 0 Å². The number of carbonyl (C=O) groups excluding carboxylic acids is 2. The lowest BCUT2D eigenvalue weighted by molar-refractivity contribution is -0.143. The molecule has 8 heteroatoms. The molecule has 0 bridgehead atoms. The molecule has 0 aliphatic carbocycles. The van der Waals surface area contributed by atoms with Gasteiger partial charge in [-0.05, 0) is 12.8 Å². The first kappa shape index (κ1) is 19.4. The predicted octanol–water partition coefficient (Wildman–Crippen LogP) is -0.447. The number of piperazine rings is 2. The first-order valence-electron chi connectivity index (χ1n) is 8.85. The van der Waals surface area contributed by atoms with Crippen molar-refractivity contribution in [3.63, 3.8) is 0 Å². The Morgan fingerprint density at radius 3 is 2.33 bits per heavy atom. The van der Waals surface area contributed by atoms with Crippen LogP contribution >= 0.6 is 12.4 Å². The minimum absolute atomic E-state index is 0. The molecule has 0 saturated carbocycles. The summed E-state index contributed by atoms with van der Waals surface area (Å²) < 4.78 is 5.48. The van der Waals surface area contributed by atoms with Crippen LogP contribution in [0, 0.1) is 0 Å². The van der Waals surface area contributed by atoms with E-state index in [0.717, 1.165) is 71.7 Å². The molecule has 1 unspecified atom stereocenters. The third kappa shape index (κ3) is 5.05. The monoisotopic (exact) mass is 360 g/mol. The molecule has 3 rings (SSSR count). The predicted molar refractivity (Wildman–Crippen MR) is 93.3 cm³/mol. The molecule has 0 aromatic heterocycles. The van der Waals surface area contributed by atoms with Crippen LogP contribution in [0.25, 0.3) is 0 Å². The van der Waals surface area contributed by atoms with Crippen LogP contribution in [0.4, 0.5) is 0 Å². The molecule has 0 radical (unpaired) electrons. The number of amides is 2. The Balaban J connectivity index is 0.00000208.